The highest BCUT2D eigenvalue weighted by Crippen LogP contribution is 2.31. The van der Waals surface area contributed by atoms with E-state index in [-0.39, 0.29) is 0 Å². The first-order valence-corrected chi connectivity index (χ1v) is 13.8. The number of hydrogen-bond donors (Lipinski definition) is 0. The van der Waals surface area contributed by atoms with Crippen LogP contribution in [0.2, 0.25) is 0 Å². The third kappa shape index (κ3) is 8.08. The minimum absolute atomic E-state index is 0.849. The van der Waals surface area contributed by atoms with Gasteiger partial charge in [0, 0.05) is 23.3 Å². The number of benzene rings is 2. The predicted molar refractivity (Wildman–Crippen MR) is 147 cm³/mol. The molecule has 0 saturated heterocycles. The SMILES string of the molecule is CCCCCCCCc1ccc(C2=CC=C(c3cccc(CCCCCCCC)c3)[N+]2=[N-])cc1. The fourth-order valence-electron chi connectivity index (χ4n) is 4.81. The zero-order chi connectivity index (χ0) is 24.0. The standard InChI is InChI=1S/C32H44N2/c1-3-5-7-9-11-13-16-27-20-22-29(23-21-27)31-24-25-32(34(31)33)30-19-15-18-28(26-30)17-14-12-10-8-6-4-2/h15,18-26H,3-14,16-17H2,1-2H3. The maximum Gasteiger partial charge on any atom is 0.207 e. The Labute approximate surface area is 208 Å². The molecule has 0 fully saturated rings. The zero-order valence-corrected chi connectivity index (χ0v) is 21.6. The van der Waals surface area contributed by atoms with E-state index in [0.29, 0.717) is 0 Å². The average molecular weight is 457 g/mol. The van der Waals surface area contributed by atoms with Gasteiger partial charge in [0.05, 0.1) is 0 Å². The summed E-state index contributed by atoms with van der Waals surface area (Å²) in [5, 5.41) is 0. The molecule has 0 N–H and O–H groups in total. The Kier molecular flexibility index (Phi) is 11.3. The molecule has 2 heteroatoms. The summed E-state index contributed by atoms with van der Waals surface area (Å²) >= 11 is 0. The van der Waals surface area contributed by atoms with Crippen LogP contribution in [-0.4, -0.2) is 4.70 Å². The van der Waals surface area contributed by atoms with E-state index in [1.807, 2.05) is 12.2 Å². The summed E-state index contributed by atoms with van der Waals surface area (Å²) < 4.78 is 1.35. The number of aryl methyl sites for hydroxylation is 2. The molecule has 182 valence electrons. The highest BCUT2D eigenvalue weighted by atomic mass is 15.2. The summed E-state index contributed by atoms with van der Waals surface area (Å²) in [5.74, 6) is 0. The molecule has 2 aromatic rings. The molecule has 0 saturated carbocycles. The van der Waals surface area contributed by atoms with Crippen LogP contribution in [-0.2, 0) is 12.8 Å². The Morgan fingerprint density at radius 1 is 0.559 bits per heavy atom. The lowest BCUT2D eigenvalue weighted by atomic mass is 10.0. The van der Waals surface area contributed by atoms with Gasteiger partial charge in [0.25, 0.3) is 0 Å². The van der Waals surface area contributed by atoms with Crippen molar-refractivity contribution in [2.24, 2.45) is 0 Å². The molecular formula is C32H44N2. The second kappa shape index (κ2) is 14.7. The first-order chi connectivity index (χ1) is 16.7. The number of nitrogens with zero attached hydrogens (tertiary/aromatic N) is 2. The molecule has 1 heterocycles. The summed E-state index contributed by atoms with van der Waals surface area (Å²) in [6, 6.07) is 17.4. The van der Waals surface area contributed by atoms with Crippen LogP contribution in [0.1, 0.15) is 113 Å². The Hall–Kier alpha value is -2.48. The number of allylic oxidation sites excluding steroid dienone is 2. The maximum absolute atomic E-state index is 11.0. The molecule has 0 spiro atoms. The third-order valence-corrected chi connectivity index (χ3v) is 6.97. The molecule has 2 nitrogen and oxygen atoms in total. The molecular weight excluding hydrogens is 412 g/mol. The number of hydrogen-bond acceptors (Lipinski definition) is 0. The molecule has 0 aliphatic carbocycles. The minimum Gasteiger partial charge on any atom is -0.493 e. The lowest BCUT2D eigenvalue weighted by molar-refractivity contribution is -0.344. The lowest BCUT2D eigenvalue weighted by Crippen LogP contribution is -2.02. The van der Waals surface area contributed by atoms with Crippen LogP contribution in [0, 0.1) is 0 Å². The Balaban J connectivity index is 1.49. The van der Waals surface area contributed by atoms with Gasteiger partial charge in [-0.3, -0.25) is 0 Å². The predicted octanol–water partition coefficient (Wildman–Crippen LogP) is 9.92. The van der Waals surface area contributed by atoms with E-state index in [0.717, 1.165) is 35.4 Å². The molecule has 1 aliphatic rings. The van der Waals surface area contributed by atoms with Crippen molar-refractivity contribution in [3.63, 3.8) is 0 Å². The van der Waals surface area contributed by atoms with Crippen molar-refractivity contribution in [2.75, 3.05) is 0 Å². The van der Waals surface area contributed by atoms with Gasteiger partial charge in [-0.15, -0.1) is 0 Å². The van der Waals surface area contributed by atoms with Crippen molar-refractivity contribution in [2.45, 2.75) is 104 Å². The second-order valence-corrected chi connectivity index (χ2v) is 9.85. The Bertz CT molecular complexity index is 949. The molecule has 34 heavy (non-hydrogen) atoms. The quantitative estimate of drug-likeness (QED) is 0.177. The van der Waals surface area contributed by atoms with Crippen molar-refractivity contribution in [1.82, 2.24) is 0 Å². The molecule has 0 bridgehead atoms. The van der Waals surface area contributed by atoms with Gasteiger partial charge < -0.3 is 5.53 Å². The van der Waals surface area contributed by atoms with Crippen molar-refractivity contribution >= 4 is 11.4 Å². The third-order valence-electron chi connectivity index (χ3n) is 6.97. The van der Waals surface area contributed by atoms with Crippen molar-refractivity contribution in [3.05, 3.63) is 88.5 Å². The van der Waals surface area contributed by atoms with Crippen molar-refractivity contribution in [3.8, 4) is 0 Å². The molecule has 0 aromatic heterocycles. The Morgan fingerprint density at radius 2 is 1.09 bits per heavy atom. The Morgan fingerprint density at radius 3 is 1.71 bits per heavy atom. The highest BCUT2D eigenvalue weighted by molar-refractivity contribution is 5.75. The fraction of sp³-hybridized carbons (Fsp3) is 0.500. The smallest absolute Gasteiger partial charge is 0.207 e. The molecule has 2 aromatic carbocycles. The van der Waals surface area contributed by atoms with Crippen LogP contribution >= 0.6 is 0 Å². The first kappa shape index (κ1) is 26.1. The molecule has 0 radical (unpaired) electrons. The zero-order valence-electron chi connectivity index (χ0n) is 21.6. The van der Waals surface area contributed by atoms with Gasteiger partial charge in [0.1, 0.15) is 0 Å². The van der Waals surface area contributed by atoms with Crippen LogP contribution in [0.25, 0.3) is 16.9 Å². The molecule has 0 amide bonds. The highest BCUT2D eigenvalue weighted by Gasteiger charge is 2.22. The lowest BCUT2D eigenvalue weighted by Gasteiger charge is -2.10. The van der Waals surface area contributed by atoms with Gasteiger partial charge in [-0.1, -0.05) is 102 Å². The van der Waals surface area contributed by atoms with E-state index < -0.39 is 0 Å². The van der Waals surface area contributed by atoms with E-state index in [9.17, 15) is 5.53 Å². The van der Waals surface area contributed by atoms with Crippen LogP contribution < -0.4 is 0 Å². The molecule has 1 aliphatic heterocycles. The first-order valence-electron chi connectivity index (χ1n) is 13.8. The van der Waals surface area contributed by atoms with Crippen LogP contribution in [0.4, 0.5) is 0 Å². The minimum atomic E-state index is 0.849. The van der Waals surface area contributed by atoms with Crippen molar-refractivity contribution in [1.29, 1.82) is 0 Å². The monoisotopic (exact) mass is 456 g/mol. The van der Waals surface area contributed by atoms with E-state index in [2.05, 4.69) is 62.4 Å². The van der Waals surface area contributed by atoms with Crippen LogP contribution in [0.5, 0.6) is 0 Å². The van der Waals surface area contributed by atoms with Gasteiger partial charge in [-0.05, 0) is 61.1 Å². The summed E-state index contributed by atoms with van der Waals surface area (Å²) in [5.41, 5.74) is 17.5. The summed E-state index contributed by atoms with van der Waals surface area (Å²) in [6.45, 7) is 4.53. The summed E-state index contributed by atoms with van der Waals surface area (Å²) in [7, 11) is 0. The van der Waals surface area contributed by atoms with Crippen LogP contribution in [0.3, 0.4) is 0 Å². The fourth-order valence-corrected chi connectivity index (χ4v) is 4.81. The van der Waals surface area contributed by atoms with E-state index in [1.165, 1.54) is 92.9 Å². The average Bonchev–Trinajstić information content (AvgIpc) is 3.25. The van der Waals surface area contributed by atoms with Gasteiger partial charge >= 0.3 is 0 Å². The second-order valence-electron chi connectivity index (χ2n) is 9.85. The largest absolute Gasteiger partial charge is 0.493 e. The van der Waals surface area contributed by atoms with Gasteiger partial charge in [-0.25, -0.2) is 4.70 Å². The normalized spacial score (nSPS) is 13.3. The van der Waals surface area contributed by atoms with Gasteiger partial charge in [0.2, 0.25) is 11.4 Å². The molecule has 0 atom stereocenters. The van der Waals surface area contributed by atoms with Gasteiger partial charge in [-0.2, -0.15) is 0 Å². The van der Waals surface area contributed by atoms with Crippen molar-refractivity contribution < 1.29 is 4.70 Å². The molecule has 3 rings (SSSR count). The number of rotatable bonds is 16. The topological polar surface area (TPSA) is 25.3 Å². The van der Waals surface area contributed by atoms with E-state index >= 15 is 0 Å². The van der Waals surface area contributed by atoms with Crippen LogP contribution in [0.15, 0.2) is 60.7 Å². The van der Waals surface area contributed by atoms with E-state index in [1.54, 1.807) is 0 Å². The maximum atomic E-state index is 11.0. The summed E-state index contributed by atoms with van der Waals surface area (Å²) in [4.78, 5) is 0. The van der Waals surface area contributed by atoms with Gasteiger partial charge in [0.15, 0.2) is 0 Å². The summed E-state index contributed by atoms with van der Waals surface area (Å²) in [6.07, 6.45) is 22.2. The van der Waals surface area contributed by atoms with E-state index in [4.69, 9.17) is 0 Å². The molecule has 0 unspecified atom stereocenters. The number of unbranched alkanes of at least 4 members (excludes halogenated alkanes) is 10.